The number of esters is 2. The smallest absolute Gasteiger partial charge is 0.460 e. The van der Waals surface area contributed by atoms with E-state index in [9.17, 15) is 97.0 Å². The molecule has 0 saturated heterocycles. The highest BCUT2D eigenvalue weighted by Gasteiger charge is 2.82. The molecule has 0 aliphatic carbocycles. The van der Waals surface area contributed by atoms with Crippen LogP contribution in [-0.4, -0.2) is 118 Å². The van der Waals surface area contributed by atoms with Gasteiger partial charge in [0, 0.05) is 12.8 Å². The Morgan fingerprint density at radius 2 is 0.878 bits per heavy atom. The van der Waals surface area contributed by atoms with Crippen LogP contribution in [0.4, 0.5) is 79.0 Å². The first kappa shape index (κ1) is 46.5. The minimum absolute atomic E-state index is 1.09. The van der Waals surface area contributed by atoms with E-state index in [1.54, 1.807) is 0 Å². The van der Waals surface area contributed by atoms with Gasteiger partial charge < -0.3 is 18.9 Å². The molecule has 1 atom stereocenters. The second-order valence-corrected chi connectivity index (χ2v) is 10.8. The average molecular weight is 794 g/mol. The van der Waals surface area contributed by atoms with Crippen LogP contribution >= 0.6 is 0 Å². The number of ether oxygens (including phenoxy) is 4. The molecule has 0 amide bonds. The van der Waals surface area contributed by atoms with Crippen LogP contribution in [0.1, 0.15) is 19.3 Å². The van der Waals surface area contributed by atoms with Gasteiger partial charge in [-0.15, -0.1) is 4.33 Å². The zero-order chi connectivity index (χ0) is 39.1. The Labute approximate surface area is 260 Å². The Balaban J connectivity index is 4.92. The maximum Gasteiger partial charge on any atom is 0.460 e. The van der Waals surface area contributed by atoms with Crippen LogP contribution in [0.5, 0.6) is 0 Å². The summed E-state index contributed by atoms with van der Waals surface area (Å²) in [6.45, 7) is -7.90. The van der Waals surface area contributed by atoms with Crippen molar-refractivity contribution in [1.29, 1.82) is 0 Å². The third kappa shape index (κ3) is 11.0. The van der Waals surface area contributed by atoms with Crippen molar-refractivity contribution >= 4 is 22.1 Å². The number of carbonyl (C=O) groups is 2. The van der Waals surface area contributed by atoms with E-state index in [1.165, 1.54) is 0 Å². The Kier molecular flexibility index (Phi) is 15.4. The Morgan fingerprint density at radius 3 is 1.20 bits per heavy atom. The summed E-state index contributed by atoms with van der Waals surface area (Å²) in [7, 11) is -5.49. The minimum atomic E-state index is -7.17. The van der Waals surface area contributed by atoms with E-state index < -0.39 is 134 Å². The number of hydrogen-bond acceptors (Lipinski definition) is 10. The lowest BCUT2D eigenvalue weighted by Crippen LogP contribution is -2.61. The molecule has 1 N–H and O–H groups in total. The minimum Gasteiger partial charge on any atom is -0.463 e. The van der Waals surface area contributed by atoms with Crippen LogP contribution in [0.15, 0.2) is 0 Å². The highest BCUT2D eigenvalue weighted by atomic mass is 32.2. The number of halogens is 18. The van der Waals surface area contributed by atoms with E-state index >= 15 is 0 Å². The molecule has 10 nitrogen and oxygen atoms in total. The molecule has 0 bridgehead atoms. The second-order valence-electron chi connectivity index (χ2n) is 9.07. The van der Waals surface area contributed by atoms with Crippen molar-refractivity contribution in [3.05, 3.63) is 0 Å². The standard InChI is InChI=1S/C20H20F18O10S/c21-13(22,15(25,26)17(29,30)19(33,34)35)1-3-44-5-7-46-11(39)9-10(49(42,43)48-41)12(40)47-8-6-45-4-2-14(23,24)16(27,28)18(31,32)20(36,37)38/h10,41H,1-9H2. The molecular formula is C20H20F18O10S. The molecule has 292 valence electrons. The molecule has 0 saturated carbocycles. The van der Waals surface area contributed by atoms with Gasteiger partial charge in [-0.1, -0.05) is 0 Å². The molecule has 0 heterocycles. The monoisotopic (exact) mass is 794 g/mol. The van der Waals surface area contributed by atoms with E-state index in [-0.39, 0.29) is 0 Å². The summed E-state index contributed by atoms with van der Waals surface area (Å²) >= 11 is 0. The summed E-state index contributed by atoms with van der Waals surface area (Å²) in [5, 5.41) is 5.58. The van der Waals surface area contributed by atoms with Gasteiger partial charge in [0.05, 0.1) is 32.8 Å². The van der Waals surface area contributed by atoms with Gasteiger partial charge in [-0.25, -0.2) is 5.26 Å². The summed E-state index contributed by atoms with van der Waals surface area (Å²) in [5.74, 6) is -44.0. The van der Waals surface area contributed by atoms with Gasteiger partial charge in [0.2, 0.25) is 0 Å². The Morgan fingerprint density at radius 1 is 0.531 bits per heavy atom. The fourth-order valence-corrected chi connectivity index (χ4v) is 3.56. The molecule has 0 aromatic heterocycles. The van der Waals surface area contributed by atoms with Crippen molar-refractivity contribution in [2.75, 3.05) is 39.6 Å². The van der Waals surface area contributed by atoms with Gasteiger partial charge in [0.15, 0.2) is 5.25 Å². The quantitative estimate of drug-likeness (QED) is 0.0530. The molecule has 0 aliphatic heterocycles. The van der Waals surface area contributed by atoms with Crippen molar-refractivity contribution in [1.82, 2.24) is 0 Å². The van der Waals surface area contributed by atoms with Gasteiger partial charge in [-0.2, -0.15) is 87.4 Å². The SMILES string of the molecule is O=C(CC(C(=O)OCCOCCC(F)(F)C(F)(F)C(F)(F)C(F)(F)F)S(=O)(=O)OO)OCCOCCC(F)(F)C(F)(F)C(F)(F)C(F)(F)F. The van der Waals surface area contributed by atoms with Crippen LogP contribution in [0.3, 0.4) is 0 Å². The molecule has 0 radical (unpaired) electrons. The predicted molar refractivity (Wildman–Crippen MR) is 116 cm³/mol. The van der Waals surface area contributed by atoms with Crippen molar-refractivity contribution in [2.24, 2.45) is 0 Å². The van der Waals surface area contributed by atoms with Crippen molar-refractivity contribution in [3.63, 3.8) is 0 Å². The van der Waals surface area contributed by atoms with Gasteiger partial charge in [0.1, 0.15) is 13.2 Å². The van der Waals surface area contributed by atoms with E-state index in [1.807, 2.05) is 0 Å². The van der Waals surface area contributed by atoms with Gasteiger partial charge in [0.25, 0.3) is 0 Å². The van der Waals surface area contributed by atoms with Crippen molar-refractivity contribution in [2.45, 2.75) is 72.4 Å². The van der Waals surface area contributed by atoms with Crippen LogP contribution in [0, 0.1) is 0 Å². The third-order valence-corrected chi connectivity index (χ3v) is 6.83. The lowest BCUT2D eigenvalue weighted by atomic mass is 10.0. The summed E-state index contributed by atoms with van der Waals surface area (Å²) in [6.07, 6.45) is -20.7. The van der Waals surface area contributed by atoms with Gasteiger partial charge >= 0.3 is 69.9 Å². The molecular weight excluding hydrogens is 774 g/mol. The first-order valence-corrected chi connectivity index (χ1v) is 13.6. The molecule has 1 unspecified atom stereocenters. The molecule has 0 fully saturated rings. The van der Waals surface area contributed by atoms with E-state index in [0.717, 1.165) is 0 Å². The normalized spacial score (nSPS) is 15.2. The van der Waals surface area contributed by atoms with Crippen LogP contribution in [-0.2, 0) is 43.0 Å². The van der Waals surface area contributed by atoms with Gasteiger partial charge in [-0.3, -0.25) is 9.59 Å². The Bertz CT molecular complexity index is 1200. The summed E-state index contributed by atoms with van der Waals surface area (Å²) in [4.78, 5) is 23.8. The molecule has 29 heteroatoms. The maximum atomic E-state index is 13.4. The molecule has 0 aromatic carbocycles. The van der Waals surface area contributed by atoms with Crippen molar-refractivity contribution < 1.29 is 126 Å². The fraction of sp³-hybridized carbons (Fsp3) is 0.900. The topological polar surface area (TPSA) is 135 Å². The highest BCUT2D eigenvalue weighted by molar-refractivity contribution is 7.88. The van der Waals surface area contributed by atoms with Crippen LogP contribution in [0.2, 0.25) is 0 Å². The van der Waals surface area contributed by atoms with Crippen LogP contribution in [0.25, 0.3) is 0 Å². The molecule has 0 aromatic rings. The zero-order valence-electron chi connectivity index (χ0n) is 23.3. The number of hydrogen-bond donors (Lipinski definition) is 1. The first-order valence-electron chi connectivity index (χ1n) is 12.1. The van der Waals surface area contributed by atoms with E-state index in [0.29, 0.717) is 0 Å². The first-order chi connectivity index (χ1) is 21.7. The van der Waals surface area contributed by atoms with Crippen LogP contribution < -0.4 is 0 Å². The third-order valence-electron chi connectivity index (χ3n) is 5.57. The number of carbonyl (C=O) groups excluding carboxylic acids is 2. The van der Waals surface area contributed by atoms with E-state index in [4.69, 9.17) is 5.26 Å². The second kappa shape index (κ2) is 16.2. The average Bonchev–Trinajstić information content (AvgIpc) is 2.93. The lowest BCUT2D eigenvalue weighted by molar-refractivity contribution is -0.397. The fourth-order valence-electron chi connectivity index (χ4n) is 2.81. The molecule has 0 aliphatic rings. The molecule has 0 spiro atoms. The summed E-state index contributed by atoms with van der Waals surface area (Å²) in [5.41, 5.74) is 0. The van der Waals surface area contributed by atoms with Crippen molar-refractivity contribution in [3.8, 4) is 0 Å². The maximum absolute atomic E-state index is 13.4. The predicted octanol–water partition coefficient (Wildman–Crippen LogP) is 5.40. The number of alkyl halides is 18. The highest BCUT2D eigenvalue weighted by Crippen LogP contribution is 2.55. The lowest BCUT2D eigenvalue weighted by Gasteiger charge is -2.33. The summed E-state index contributed by atoms with van der Waals surface area (Å²) < 4.78 is 273. The van der Waals surface area contributed by atoms with Gasteiger partial charge in [-0.05, 0) is 0 Å². The largest absolute Gasteiger partial charge is 0.463 e. The Hall–Kier alpha value is -2.53. The van der Waals surface area contributed by atoms with E-state index in [2.05, 4.69) is 23.3 Å². The summed E-state index contributed by atoms with van der Waals surface area (Å²) in [6, 6.07) is 0. The zero-order valence-corrected chi connectivity index (χ0v) is 24.1. The molecule has 49 heavy (non-hydrogen) atoms. The number of rotatable bonds is 21. The molecule has 0 rings (SSSR count).